The second kappa shape index (κ2) is 5.72. The number of nitrogens with one attached hydrogen (secondary N) is 1. The fourth-order valence-corrected chi connectivity index (χ4v) is 2.89. The van der Waals surface area contributed by atoms with E-state index in [1.54, 1.807) is 0 Å². The molecule has 0 spiro atoms. The average molecular weight is 284 g/mol. The van der Waals surface area contributed by atoms with Gasteiger partial charge in [-0.2, -0.15) is 0 Å². The number of nitrogens with zero attached hydrogens (tertiary/aromatic N) is 1. The van der Waals surface area contributed by atoms with Gasteiger partial charge in [-0.15, -0.1) is 0 Å². The molecule has 0 saturated carbocycles. The molecule has 2 aromatic rings. The maximum absolute atomic E-state index is 12.5. The van der Waals surface area contributed by atoms with Crippen molar-refractivity contribution in [3.63, 3.8) is 0 Å². The van der Waals surface area contributed by atoms with Gasteiger partial charge in [-0.1, -0.05) is 37.2 Å². The van der Waals surface area contributed by atoms with E-state index in [4.69, 9.17) is 4.52 Å². The van der Waals surface area contributed by atoms with E-state index in [0.29, 0.717) is 11.6 Å². The van der Waals surface area contributed by atoms with Crippen molar-refractivity contribution in [1.29, 1.82) is 0 Å². The predicted molar refractivity (Wildman–Crippen MR) is 81.5 cm³/mol. The van der Waals surface area contributed by atoms with Crippen LogP contribution in [-0.4, -0.2) is 11.1 Å². The largest absolute Gasteiger partial charge is 0.360 e. The molecule has 4 heteroatoms. The third-order valence-electron chi connectivity index (χ3n) is 4.15. The third-order valence-corrected chi connectivity index (χ3v) is 4.15. The lowest BCUT2D eigenvalue weighted by atomic mass is 9.88. The Morgan fingerprint density at radius 1 is 1.43 bits per heavy atom. The minimum absolute atomic E-state index is 0.171. The van der Waals surface area contributed by atoms with Crippen molar-refractivity contribution in [2.75, 3.05) is 5.32 Å². The maximum atomic E-state index is 12.5. The van der Waals surface area contributed by atoms with Crippen molar-refractivity contribution in [3.8, 4) is 0 Å². The Balaban J connectivity index is 1.85. The Bertz CT molecular complexity index is 661. The molecule has 1 N–H and O–H groups in total. The molecular weight excluding hydrogens is 264 g/mol. The maximum Gasteiger partial charge on any atom is 0.278 e. The first-order valence-electron chi connectivity index (χ1n) is 7.55. The lowest BCUT2D eigenvalue weighted by Gasteiger charge is -2.16. The van der Waals surface area contributed by atoms with E-state index in [-0.39, 0.29) is 5.91 Å². The number of carbonyl (C=O) groups is 1. The van der Waals surface area contributed by atoms with Gasteiger partial charge in [0.05, 0.1) is 0 Å². The number of carbonyl (C=O) groups excluding carboxylic acids is 1. The highest BCUT2D eigenvalue weighted by molar-refractivity contribution is 6.04. The van der Waals surface area contributed by atoms with Crippen molar-refractivity contribution < 1.29 is 9.32 Å². The van der Waals surface area contributed by atoms with Gasteiger partial charge in [-0.25, -0.2) is 0 Å². The molecule has 1 atom stereocenters. The molecule has 110 valence electrons. The molecule has 1 amide bonds. The van der Waals surface area contributed by atoms with Crippen LogP contribution >= 0.6 is 0 Å². The second-order valence-corrected chi connectivity index (χ2v) is 5.75. The average Bonchev–Trinajstić information content (AvgIpc) is 2.90. The van der Waals surface area contributed by atoms with Gasteiger partial charge in [0, 0.05) is 17.7 Å². The topological polar surface area (TPSA) is 55.1 Å². The summed E-state index contributed by atoms with van der Waals surface area (Å²) in [6.45, 7) is 4.27. The second-order valence-electron chi connectivity index (χ2n) is 5.75. The van der Waals surface area contributed by atoms with Crippen LogP contribution in [-0.2, 0) is 19.3 Å². The number of fused-ring (bicyclic) bond motifs is 1. The first-order valence-corrected chi connectivity index (χ1v) is 7.55. The number of amides is 1. The molecule has 0 saturated heterocycles. The molecule has 1 aromatic carbocycles. The smallest absolute Gasteiger partial charge is 0.278 e. The number of aryl methyl sites for hydroxylation is 2. The summed E-state index contributed by atoms with van der Waals surface area (Å²) in [6, 6.07) is 7.85. The van der Waals surface area contributed by atoms with E-state index in [1.807, 2.05) is 24.3 Å². The zero-order valence-corrected chi connectivity index (χ0v) is 12.5. The summed E-state index contributed by atoms with van der Waals surface area (Å²) >= 11 is 0. The van der Waals surface area contributed by atoms with Crippen molar-refractivity contribution in [3.05, 3.63) is 46.8 Å². The summed E-state index contributed by atoms with van der Waals surface area (Å²) in [7, 11) is 0. The lowest BCUT2D eigenvalue weighted by Crippen LogP contribution is -2.18. The number of benzene rings is 1. The standard InChI is InChI=1S/C17H20N2O2/c1-3-12-6-4-5-7-14(12)18-17(20)16-13-10-11(2)8-9-15(13)21-19-16/h4-7,11H,3,8-10H2,1-2H3,(H,18,20)/t11-/m1/s1. The Labute approximate surface area is 124 Å². The minimum atomic E-state index is -0.171. The highest BCUT2D eigenvalue weighted by Crippen LogP contribution is 2.28. The van der Waals surface area contributed by atoms with Crippen LogP contribution in [0.2, 0.25) is 0 Å². The van der Waals surface area contributed by atoms with Crippen LogP contribution in [0.15, 0.2) is 28.8 Å². The van der Waals surface area contributed by atoms with E-state index in [9.17, 15) is 4.79 Å². The van der Waals surface area contributed by atoms with Crippen LogP contribution in [0, 0.1) is 5.92 Å². The first kappa shape index (κ1) is 13.9. The quantitative estimate of drug-likeness (QED) is 0.936. The van der Waals surface area contributed by atoms with Crippen LogP contribution in [0.4, 0.5) is 5.69 Å². The number of para-hydroxylation sites is 1. The van der Waals surface area contributed by atoms with Crippen molar-refractivity contribution >= 4 is 11.6 Å². The van der Waals surface area contributed by atoms with Gasteiger partial charge in [0.1, 0.15) is 5.76 Å². The number of hydrogen-bond acceptors (Lipinski definition) is 3. The van der Waals surface area contributed by atoms with E-state index >= 15 is 0 Å². The summed E-state index contributed by atoms with van der Waals surface area (Å²) in [5.74, 6) is 1.28. The number of anilines is 1. The van der Waals surface area contributed by atoms with Gasteiger partial charge in [-0.3, -0.25) is 4.79 Å². The molecule has 0 radical (unpaired) electrons. The zero-order chi connectivity index (χ0) is 14.8. The fraction of sp³-hybridized carbons (Fsp3) is 0.412. The number of hydrogen-bond donors (Lipinski definition) is 1. The molecule has 1 aliphatic carbocycles. The summed E-state index contributed by atoms with van der Waals surface area (Å²) < 4.78 is 5.34. The van der Waals surface area contributed by atoms with Crippen molar-refractivity contribution in [2.24, 2.45) is 5.92 Å². The third kappa shape index (κ3) is 2.71. The minimum Gasteiger partial charge on any atom is -0.360 e. The lowest BCUT2D eigenvalue weighted by molar-refractivity contribution is 0.101. The molecule has 1 aliphatic rings. The van der Waals surface area contributed by atoms with Crippen molar-refractivity contribution in [1.82, 2.24) is 5.16 Å². The molecule has 0 bridgehead atoms. The molecule has 0 unspecified atom stereocenters. The highest BCUT2D eigenvalue weighted by atomic mass is 16.5. The van der Waals surface area contributed by atoms with Gasteiger partial charge in [0.25, 0.3) is 5.91 Å². The monoisotopic (exact) mass is 284 g/mol. The number of aromatic nitrogens is 1. The molecule has 21 heavy (non-hydrogen) atoms. The molecule has 4 nitrogen and oxygen atoms in total. The summed E-state index contributed by atoms with van der Waals surface area (Å²) in [6.07, 6.45) is 3.73. The van der Waals surface area contributed by atoms with Gasteiger partial charge < -0.3 is 9.84 Å². The van der Waals surface area contributed by atoms with Crippen LogP contribution < -0.4 is 5.32 Å². The Morgan fingerprint density at radius 2 is 2.24 bits per heavy atom. The van der Waals surface area contributed by atoms with Crippen LogP contribution in [0.1, 0.15) is 47.6 Å². The summed E-state index contributed by atoms with van der Waals surface area (Å²) in [5, 5.41) is 6.96. The summed E-state index contributed by atoms with van der Waals surface area (Å²) in [4.78, 5) is 12.5. The Kier molecular flexibility index (Phi) is 3.78. The molecule has 1 heterocycles. The molecule has 0 fully saturated rings. The first-order chi connectivity index (χ1) is 10.2. The van der Waals surface area contributed by atoms with Gasteiger partial charge in [-0.05, 0) is 36.8 Å². The van der Waals surface area contributed by atoms with Crippen LogP contribution in [0.25, 0.3) is 0 Å². The van der Waals surface area contributed by atoms with Gasteiger partial charge in [0.15, 0.2) is 5.69 Å². The zero-order valence-electron chi connectivity index (χ0n) is 12.5. The Hall–Kier alpha value is -2.10. The predicted octanol–water partition coefficient (Wildman–Crippen LogP) is 3.61. The fourth-order valence-electron chi connectivity index (χ4n) is 2.89. The van der Waals surface area contributed by atoms with Crippen molar-refractivity contribution in [2.45, 2.75) is 39.5 Å². The van der Waals surface area contributed by atoms with E-state index in [1.165, 1.54) is 0 Å². The normalized spacial score (nSPS) is 17.3. The molecule has 0 aliphatic heterocycles. The Morgan fingerprint density at radius 3 is 3.05 bits per heavy atom. The SMILES string of the molecule is CCc1ccccc1NC(=O)c1noc2c1C[C@H](C)CC2. The van der Waals surface area contributed by atoms with Gasteiger partial charge in [0.2, 0.25) is 0 Å². The number of rotatable bonds is 3. The summed E-state index contributed by atoms with van der Waals surface area (Å²) in [5.41, 5.74) is 3.41. The molecule has 3 rings (SSSR count). The van der Waals surface area contributed by atoms with E-state index in [0.717, 1.165) is 48.3 Å². The molecule has 1 aromatic heterocycles. The van der Waals surface area contributed by atoms with E-state index in [2.05, 4.69) is 24.3 Å². The molecular formula is C17H20N2O2. The van der Waals surface area contributed by atoms with Crippen LogP contribution in [0.5, 0.6) is 0 Å². The van der Waals surface area contributed by atoms with Crippen LogP contribution in [0.3, 0.4) is 0 Å². The van der Waals surface area contributed by atoms with E-state index < -0.39 is 0 Å². The highest BCUT2D eigenvalue weighted by Gasteiger charge is 2.27. The van der Waals surface area contributed by atoms with Gasteiger partial charge >= 0.3 is 0 Å².